The molecule has 1 saturated heterocycles. The Hall–Kier alpha value is -1.89. The zero-order valence-electron chi connectivity index (χ0n) is 14.6. The van der Waals surface area contributed by atoms with Crippen LogP contribution >= 0.6 is 0 Å². The summed E-state index contributed by atoms with van der Waals surface area (Å²) >= 11 is 0. The number of piperazine rings is 1. The van der Waals surface area contributed by atoms with Gasteiger partial charge in [-0.1, -0.05) is 0 Å². The highest BCUT2D eigenvalue weighted by Gasteiger charge is 2.31. The lowest BCUT2D eigenvalue weighted by molar-refractivity contribution is 0.000327. The van der Waals surface area contributed by atoms with Gasteiger partial charge in [0.15, 0.2) is 0 Å². The Kier molecular flexibility index (Phi) is 5.41. The predicted octanol–water partition coefficient (Wildman–Crippen LogP) is 1.93. The van der Waals surface area contributed by atoms with Gasteiger partial charge in [-0.2, -0.15) is 0 Å². The number of ether oxygens (including phenoxy) is 2. The Balaban J connectivity index is 1.95. The second-order valence-electron chi connectivity index (χ2n) is 6.77. The fourth-order valence-electron chi connectivity index (χ4n) is 2.61. The highest BCUT2D eigenvalue weighted by Crippen LogP contribution is 2.19. The summed E-state index contributed by atoms with van der Waals surface area (Å²) in [4.78, 5) is 24.8. The number of carbonyl (C=O) groups excluding carboxylic acids is 1. The summed E-state index contributed by atoms with van der Waals surface area (Å²) in [5.41, 5.74) is 0.342. The van der Waals surface area contributed by atoms with Crippen LogP contribution in [0.5, 0.6) is 5.88 Å². The molecule has 1 aliphatic heterocycles. The molecule has 1 amide bonds. The molecule has 0 spiro atoms. The molecule has 1 aromatic heterocycles. The van der Waals surface area contributed by atoms with Crippen molar-refractivity contribution in [1.82, 2.24) is 19.8 Å². The van der Waals surface area contributed by atoms with Crippen molar-refractivity contribution in [3.63, 3.8) is 0 Å². The Morgan fingerprint density at radius 3 is 2.61 bits per heavy atom. The quantitative estimate of drug-likeness (QED) is 0.847. The number of hydrogen-bond acceptors (Lipinski definition) is 6. The van der Waals surface area contributed by atoms with Crippen LogP contribution in [-0.2, 0) is 11.3 Å². The molecule has 0 radical (unpaired) electrons. The Bertz CT molecular complexity index is 544. The maximum absolute atomic E-state index is 12.2. The molecule has 1 fully saturated rings. The molecule has 0 aliphatic carbocycles. The van der Waals surface area contributed by atoms with E-state index in [9.17, 15) is 4.79 Å². The SMILES string of the molecule is COc1nccnc1CN1CCN(C(=O)OC(C)(C)C)C(C)C1. The molecule has 0 bridgehead atoms. The Morgan fingerprint density at radius 1 is 1.30 bits per heavy atom. The first-order chi connectivity index (χ1) is 10.8. The van der Waals surface area contributed by atoms with Crippen LogP contribution in [0.4, 0.5) is 4.79 Å². The van der Waals surface area contributed by atoms with Crippen molar-refractivity contribution in [2.45, 2.75) is 45.9 Å². The minimum absolute atomic E-state index is 0.0845. The second kappa shape index (κ2) is 7.12. The van der Waals surface area contributed by atoms with Gasteiger partial charge in [0.2, 0.25) is 5.88 Å². The van der Waals surface area contributed by atoms with Gasteiger partial charge in [-0.25, -0.2) is 9.78 Å². The summed E-state index contributed by atoms with van der Waals surface area (Å²) in [5, 5.41) is 0. The highest BCUT2D eigenvalue weighted by atomic mass is 16.6. The fourth-order valence-corrected chi connectivity index (χ4v) is 2.61. The second-order valence-corrected chi connectivity index (χ2v) is 6.77. The standard InChI is InChI=1S/C16H26N4O3/c1-12-10-19(11-13-14(22-5)18-7-6-17-13)8-9-20(12)15(21)23-16(2,3)4/h6-7,12H,8-11H2,1-5H3. The van der Waals surface area contributed by atoms with E-state index in [1.807, 2.05) is 27.7 Å². The number of amides is 1. The van der Waals surface area contributed by atoms with Crippen molar-refractivity contribution >= 4 is 6.09 Å². The summed E-state index contributed by atoms with van der Waals surface area (Å²) in [7, 11) is 1.59. The van der Waals surface area contributed by atoms with Crippen molar-refractivity contribution < 1.29 is 14.3 Å². The number of rotatable bonds is 3. The van der Waals surface area contributed by atoms with Crippen molar-refractivity contribution in [2.75, 3.05) is 26.7 Å². The third-order valence-electron chi connectivity index (χ3n) is 3.64. The number of hydrogen-bond donors (Lipinski definition) is 0. The summed E-state index contributed by atoms with van der Waals surface area (Å²) in [6, 6.07) is 0.0845. The number of methoxy groups -OCH3 is 1. The molecule has 1 atom stereocenters. The Morgan fingerprint density at radius 2 is 2.00 bits per heavy atom. The molecular formula is C16H26N4O3. The molecule has 7 heteroatoms. The molecule has 1 aromatic rings. The third-order valence-corrected chi connectivity index (χ3v) is 3.64. The molecule has 128 valence electrons. The fraction of sp³-hybridized carbons (Fsp3) is 0.688. The summed E-state index contributed by atoms with van der Waals surface area (Å²) in [5.74, 6) is 0.551. The van der Waals surface area contributed by atoms with Gasteiger partial charge in [0.25, 0.3) is 0 Å². The van der Waals surface area contributed by atoms with E-state index in [1.54, 1.807) is 24.4 Å². The maximum atomic E-state index is 12.2. The largest absolute Gasteiger partial charge is 0.480 e. The summed E-state index contributed by atoms with van der Waals surface area (Å²) in [6.07, 6.45) is 3.03. The molecule has 23 heavy (non-hydrogen) atoms. The number of aromatic nitrogens is 2. The van der Waals surface area contributed by atoms with Crippen LogP contribution in [-0.4, -0.2) is 64.2 Å². The zero-order chi connectivity index (χ0) is 17.0. The van der Waals surface area contributed by atoms with Gasteiger partial charge in [0, 0.05) is 44.6 Å². The van der Waals surface area contributed by atoms with Gasteiger partial charge in [-0.05, 0) is 27.7 Å². The van der Waals surface area contributed by atoms with E-state index in [0.29, 0.717) is 19.0 Å². The number of nitrogens with zero attached hydrogens (tertiary/aromatic N) is 4. The molecule has 2 heterocycles. The smallest absolute Gasteiger partial charge is 0.410 e. The van der Waals surface area contributed by atoms with Gasteiger partial charge >= 0.3 is 6.09 Å². The van der Waals surface area contributed by atoms with Gasteiger partial charge in [0.05, 0.1) is 7.11 Å². The topological polar surface area (TPSA) is 67.8 Å². The van der Waals surface area contributed by atoms with Gasteiger partial charge in [0.1, 0.15) is 11.3 Å². The molecule has 7 nitrogen and oxygen atoms in total. The van der Waals surface area contributed by atoms with E-state index in [0.717, 1.165) is 18.8 Å². The molecule has 0 aromatic carbocycles. The van der Waals surface area contributed by atoms with Crippen molar-refractivity contribution in [2.24, 2.45) is 0 Å². The summed E-state index contributed by atoms with van der Waals surface area (Å²) in [6.45, 7) is 10.5. The van der Waals surface area contributed by atoms with Crippen LogP contribution < -0.4 is 4.74 Å². The van der Waals surface area contributed by atoms with Gasteiger partial charge in [-0.15, -0.1) is 0 Å². The maximum Gasteiger partial charge on any atom is 0.410 e. The van der Waals surface area contributed by atoms with E-state index in [2.05, 4.69) is 14.9 Å². The van der Waals surface area contributed by atoms with Crippen LogP contribution in [0.25, 0.3) is 0 Å². The first kappa shape index (κ1) is 17.5. The van der Waals surface area contributed by atoms with Crippen LogP contribution in [0.2, 0.25) is 0 Å². The molecule has 1 unspecified atom stereocenters. The van der Waals surface area contributed by atoms with Crippen LogP contribution in [0.3, 0.4) is 0 Å². The zero-order valence-corrected chi connectivity index (χ0v) is 14.6. The number of carbonyl (C=O) groups is 1. The minimum atomic E-state index is -0.471. The molecular weight excluding hydrogens is 296 g/mol. The molecule has 2 rings (SSSR count). The van der Waals surface area contributed by atoms with Crippen LogP contribution in [0.1, 0.15) is 33.4 Å². The van der Waals surface area contributed by atoms with Gasteiger partial charge in [-0.3, -0.25) is 9.88 Å². The average molecular weight is 322 g/mol. The van der Waals surface area contributed by atoms with E-state index >= 15 is 0 Å². The molecule has 0 N–H and O–H groups in total. The average Bonchev–Trinajstić information content (AvgIpc) is 2.46. The van der Waals surface area contributed by atoms with Crippen molar-refractivity contribution in [3.8, 4) is 5.88 Å². The normalized spacial score (nSPS) is 19.5. The van der Waals surface area contributed by atoms with E-state index < -0.39 is 5.60 Å². The third kappa shape index (κ3) is 4.79. The first-order valence-corrected chi connectivity index (χ1v) is 7.86. The lowest BCUT2D eigenvalue weighted by Crippen LogP contribution is -2.54. The van der Waals surface area contributed by atoms with Crippen LogP contribution in [0, 0.1) is 0 Å². The monoisotopic (exact) mass is 322 g/mol. The van der Waals surface area contributed by atoms with Crippen molar-refractivity contribution in [1.29, 1.82) is 0 Å². The summed E-state index contributed by atoms with van der Waals surface area (Å²) < 4.78 is 10.7. The Labute approximate surface area is 137 Å². The van der Waals surface area contributed by atoms with E-state index in [-0.39, 0.29) is 12.1 Å². The lowest BCUT2D eigenvalue weighted by Gasteiger charge is -2.40. The lowest BCUT2D eigenvalue weighted by atomic mass is 10.2. The van der Waals surface area contributed by atoms with Gasteiger partial charge < -0.3 is 14.4 Å². The van der Waals surface area contributed by atoms with E-state index in [1.165, 1.54) is 0 Å². The molecule has 0 saturated carbocycles. The highest BCUT2D eigenvalue weighted by molar-refractivity contribution is 5.68. The van der Waals surface area contributed by atoms with E-state index in [4.69, 9.17) is 9.47 Å². The van der Waals surface area contributed by atoms with Crippen LogP contribution in [0.15, 0.2) is 12.4 Å². The molecule has 1 aliphatic rings. The predicted molar refractivity (Wildman–Crippen MR) is 86.3 cm³/mol. The first-order valence-electron chi connectivity index (χ1n) is 7.86. The minimum Gasteiger partial charge on any atom is -0.480 e. The van der Waals surface area contributed by atoms with Crippen molar-refractivity contribution in [3.05, 3.63) is 18.1 Å².